The second-order valence-corrected chi connectivity index (χ2v) is 8.04. The van der Waals surface area contributed by atoms with Crippen molar-refractivity contribution >= 4 is 51.4 Å². The van der Waals surface area contributed by atoms with Crippen molar-refractivity contribution < 1.29 is 14.7 Å². The van der Waals surface area contributed by atoms with Crippen LogP contribution in [-0.2, 0) is 9.59 Å². The highest BCUT2D eigenvalue weighted by molar-refractivity contribution is 8.26. The SMILES string of the molecule is CCCCCN1C/C(=C2\SC(=S)N(CCC(=O)[O-])C2=O)c2ccccc21. The maximum Gasteiger partial charge on any atom is 0.266 e. The van der Waals surface area contributed by atoms with E-state index in [2.05, 4.69) is 17.9 Å². The van der Waals surface area contributed by atoms with Gasteiger partial charge in [0.05, 0.1) is 4.91 Å². The van der Waals surface area contributed by atoms with E-state index < -0.39 is 5.97 Å². The lowest BCUT2D eigenvalue weighted by molar-refractivity contribution is -0.305. The molecular formula is C19H21N2O3S2-. The number of rotatable bonds is 7. The standard InChI is InChI=1S/C19H22N2O3S2/c1-2-3-6-10-20-12-14(13-7-4-5-8-15(13)20)17-18(24)21(19(25)26-17)11-9-16(22)23/h4-5,7-8H,2-3,6,9-12H2,1H3,(H,22,23)/p-1/b17-14+. The highest BCUT2D eigenvalue weighted by Crippen LogP contribution is 2.43. The van der Waals surface area contributed by atoms with Gasteiger partial charge in [-0.15, -0.1) is 0 Å². The van der Waals surface area contributed by atoms with Gasteiger partial charge in [-0.1, -0.05) is 61.9 Å². The molecule has 3 rings (SSSR count). The maximum atomic E-state index is 12.8. The smallest absolute Gasteiger partial charge is 0.266 e. The van der Waals surface area contributed by atoms with E-state index in [4.69, 9.17) is 12.2 Å². The zero-order valence-corrected chi connectivity index (χ0v) is 16.3. The Morgan fingerprint density at radius 2 is 2.04 bits per heavy atom. The van der Waals surface area contributed by atoms with E-state index in [-0.39, 0.29) is 18.9 Å². The number of nitrogens with zero attached hydrogens (tertiary/aromatic N) is 2. The molecule has 2 aliphatic rings. The van der Waals surface area contributed by atoms with Crippen LogP contribution < -0.4 is 10.0 Å². The summed E-state index contributed by atoms with van der Waals surface area (Å²) in [5.74, 6) is -1.37. The van der Waals surface area contributed by atoms with Crippen molar-refractivity contribution in [3.8, 4) is 0 Å². The highest BCUT2D eigenvalue weighted by Gasteiger charge is 2.37. The van der Waals surface area contributed by atoms with Crippen LogP contribution >= 0.6 is 24.0 Å². The van der Waals surface area contributed by atoms with E-state index in [1.807, 2.05) is 18.2 Å². The molecule has 0 radical (unpaired) electrons. The summed E-state index contributed by atoms with van der Waals surface area (Å²) in [5, 5.41) is 10.7. The van der Waals surface area contributed by atoms with E-state index in [0.29, 0.717) is 15.8 Å². The molecule has 0 aromatic heterocycles. The van der Waals surface area contributed by atoms with Crippen molar-refractivity contribution in [2.45, 2.75) is 32.6 Å². The van der Waals surface area contributed by atoms with Crippen LogP contribution in [0, 0.1) is 0 Å². The Morgan fingerprint density at radius 3 is 2.77 bits per heavy atom. The zero-order valence-electron chi connectivity index (χ0n) is 14.7. The first kappa shape index (κ1) is 18.9. The molecule has 0 bridgehead atoms. The lowest BCUT2D eigenvalue weighted by atomic mass is 10.1. The second-order valence-electron chi connectivity index (χ2n) is 6.40. The number of thioether (sulfide) groups is 1. The van der Waals surface area contributed by atoms with Crippen molar-refractivity contribution in [1.82, 2.24) is 4.90 Å². The van der Waals surface area contributed by atoms with Crippen LogP contribution in [-0.4, -0.2) is 40.7 Å². The average Bonchev–Trinajstić information content (AvgIpc) is 3.11. The molecule has 0 aliphatic carbocycles. The predicted molar refractivity (Wildman–Crippen MR) is 107 cm³/mol. The number of unbranched alkanes of at least 4 members (excludes halogenated alkanes) is 2. The highest BCUT2D eigenvalue weighted by atomic mass is 32.2. The summed E-state index contributed by atoms with van der Waals surface area (Å²) in [6.45, 7) is 3.89. The number of para-hydroxylation sites is 1. The quantitative estimate of drug-likeness (QED) is 0.405. The molecule has 2 aliphatic heterocycles. The minimum atomic E-state index is -1.18. The fourth-order valence-corrected chi connectivity index (χ4v) is 4.67. The summed E-state index contributed by atoms with van der Waals surface area (Å²) in [6, 6.07) is 8.12. The zero-order chi connectivity index (χ0) is 18.7. The topological polar surface area (TPSA) is 63.7 Å². The van der Waals surface area contributed by atoms with Crippen molar-refractivity contribution in [2.24, 2.45) is 0 Å². The molecule has 0 spiro atoms. The molecule has 1 saturated heterocycles. The van der Waals surface area contributed by atoms with Crippen LogP contribution in [0.3, 0.4) is 0 Å². The summed E-state index contributed by atoms with van der Waals surface area (Å²) in [5.41, 5.74) is 3.22. The number of benzene rings is 1. The number of carboxylic acids is 1. The van der Waals surface area contributed by atoms with E-state index in [0.717, 1.165) is 29.8 Å². The normalized spacial score (nSPS) is 19.4. The Bertz CT molecular complexity index is 776. The molecule has 1 amide bonds. The third kappa shape index (κ3) is 3.78. The molecule has 0 unspecified atom stereocenters. The molecule has 1 aromatic rings. The number of aliphatic carboxylic acids is 1. The molecule has 26 heavy (non-hydrogen) atoms. The Morgan fingerprint density at radius 1 is 1.27 bits per heavy atom. The number of fused-ring (bicyclic) bond motifs is 1. The fraction of sp³-hybridized carbons (Fsp3) is 0.421. The first-order valence-corrected chi connectivity index (χ1v) is 10.1. The van der Waals surface area contributed by atoms with Gasteiger partial charge in [0.2, 0.25) is 0 Å². The number of anilines is 1. The van der Waals surface area contributed by atoms with Gasteiger partial charge in [-0.25, -0.2) is 0 Å². The van der Waals surface area contributed by atoms with Crippen molar-refractivity contribution in [3.63, 3.8) is 0 Å². The lowest BCUT2D eigenvalue weighted by Gasteiger charge is -2.18. The first-order chi connectivity index (χ1) is 12.5. The monoisotopic (exact) mass is 389 g/mol. The molecule has 1 aromatic carbocycles. The van der Waals surface area contributed by atoms with Crippen LogP contribution in [0.5, 0.6) is 0 Å². The Balaban J connectivity index is 1.87. The van der Waals surface area contributed by atoms with Gasteiger partial charge in [-0.2, -0.15) is 0 Å². The molecule has 2 heterocycles. The van der Waals surface area contributed by atoms with E-state index in [9.17, 15) is 14.7 Å². The molecule has 1 fully saturated rings. The summed E-state index contributed by atoms with van der Waals surface area (Å²) >= 11 is 6.57. The van der Waals surface area contributed by atoms with Gasteiger partial charge in [0.15, 0.2) is 0 Å². The number of carbonyl (C=O) groups excluding carboxylic acids is 2. The minimum absolute atomic E-state index is 0.0612. The summed E-state index contributed by atoms with van der Waals surface area (Å²) in [6.07, 6.45) is 3.25. The minimum Gasteiger partial charge on any atom is -0.550 e. The largest absolute Gasteiger partial charge is 0.550 e. The van der Waals surface area contributed by atoms with E-state index in [1.54, 1.807) is 0 Å². The van der Waals surface area contributed by atoms with Crippen LogP contribution in [0.4, 0.5) is 5.69 Å². The van der Waals surface area contributed by atoms with Gasteiger partial charge in [0, 0.05) is 48.8 Å². The maximum absolute atomic E-state index is 12.8. The van der Waals surface area contributed by atoms with Crippen LogP contribution in [0.2, 0.25) is 0 Å². The molecule has 7 heteroatoms. The number of carboxylic acid groups (broad SMARTS) is 1. The van der Waals surface area contributed by atoms with Gasteiger partial charge in [0.1, 0.15) is 4.32 Å². The van der Waals surface area contributed by atoms with Gasteiger partial charge in [0.25, 0.3) is 5.91 Å². The van der Waals surface area contributed by atoms with Crippen LogP contribution in [0.25, 0.3) is 5.57 Å². The Kier molecular flexibility index (Phi) is 5.98. The first-order valence-electron chi connectivity index (χ1n) is 8.84. The summed E-state index contributed by atoms with van der Waals surface area (Å²) in [7, 11) is 0. The van der Waals surface area contributed by atoms with Gasteiger partial charge in [-0.05, 0) is 12.5 Å². The van der Waals surface area contributed by atoms with Gasteiger partial charge in [-0.3, -0.25) is 9.69 Å². The fourth-order valence-electron chi connectivity index (χ4n) is 3.29. The third-order valence-corrected chi connectivity index (χ3v) is 6.10. The Hall–Kier alpha value is -1.86. The van der Waals surface area contributed by atoms with Crippen molar-refractivity contribution in [2.75, 3.05) is 24.5 Å². The molecule has 0 atom stereocenters. The number of hydrogen-bond acceptors (Lipinski definition) is 6. The van der Waals surface area contributed by atoms with Gasteiger partial charge < -0.3 is 14.8 Å². The second kappa shape index (κ2) is 8.22. The number of amides is 1. The lowest BCUT2D eigenvalue weighted by Crippen LogP contribution is -2.34. The molecular weight excluding hydrogens is 368 g/mol. The predicted octanol–water partition coefficient (Wildman–Crippen LogP) is 2.41. The molecule has 0 N–H and O–H groups in total. The van der Waals surface area contributed by atoms with Crippen molar-refractivity contribution in [1.29, 1.82) is 0 Å². The summed E-state index contributed by atoms with van der Waals surface area (Å²) < 4.78 is 0.417. The van der Waals surface area contributed by atoms with Crippen LogP contribution in [0.15, 0.2) is 29.2 Å². The number of thiocarbonyl (C=S) groups is 1. The molecule has 0 saturated carbocycles. The van der Waals surface area contributed by atoms with Crippen LogP contribution in [0.1, 0.15) is 38.2 Å². The van der Waals surface area contributed by atoms with Gasteiger partial charge >= 0.3 is 0 Å². The van der Waals surface area contributed by atoms with Crippen molar-refractivity contribution in [3.05, 3.63) is 34.7 Å². The number of carbonyl (C=O) groups is 2. The van der Waals surface area contributed by atoms with E-state index in [1.165, 1.54) is 29.5 Å². The molecule has 138 valence electrons. The third-order valence-electron chi connectivity index (χ3n) is 4.61. The Labute approximate surface area is 163 Å². The van der Waals surface area contributed by atoms with E-state index >= 15 is 0 Å². The number of hydrogen-bond donors (Lipinski definition) is 0. The summed E-state index contributed by atoms with van der Waals surface area (Å²) in [4.78, 5) is 27.9. The average molecular weight is 390 g/mol. The molecule has 5 nitrogen and oxygen atoms in total.